The van der Waals surface area contributed by atoms with Crippen LogP contribution in [0.4, 0.5) is 0 Å². The maximum absolute atomic E-state index is 11.8. The van der Waals surface area contributed by atoms with Crippen LogP contribution in [0.2, 0.25) is 0 Å². The minimum atomic E-state index is -0.374. The zero-order valence-electron chi connectivity index (χ0n) is 12.7. The fraction of sp³-hybridized carbons (Fsp3) is 0.562. The molecule has 0 aromatic heterocycles. The Morgan fingerprint density at radius 3 is 2.05 bits per heavy atom. The van der Waals surface area contributed by atoms with Crippen LogP contribution in [0.1, 0.15) is 57.7 Å². The van der Waals surface area contributed by atoms with E-state index in [1.54, 1.807) is 0 Å². The average Bonchev–Trinajstić information content (AvgIpc) is 2.34. The molecule has 0 spiro atoms. The number of benzene rings is 1. The second-order valence-electron chi connectivity index (χ2n) is 6.39. The predicted molar refractivity (Wildman–Crippen MR) is 79.9 cm³/mol. The van der Waals surface area contributed by atoms with Crippen molar-refractivity contribution < 1.29 is 4.79 Å². The Labute approximate surface area is 116 Å². The number of nitrogens with two attached hydrogens (primary N) is 1. The van der Waals surface area contributed by atoms with Crippen LogP contribution in [0.15, 0.2) is 24.3 Å². The lowest BCUT2D eigenvalue weighted by Crippen LogP contribution is -2.38. The molecule has 1 unspecified atom stereocenters. The lowest BCUT2D eigenvalue weighted by Gasteiger charge is -2.20. The largest absolute Gasteiger partial charge is 0.354 e. The van der Waals surface area contributed by atoms with Crippen molar-refractivity contribution in [3.63, 3.8) is 0 Å². The Bertz CT molecular complexity index is 415. The number of rotatable bonds is 4. The molecule has 0 aliphatic carbocycles. The van der Waals surface area contributed by atoms with E-state index in [1.807, 2.05) is 32.9 Å². The van der Waals surface area contributed by atoms with Gasteiger partial charge in [-0.2, -0.15) is 0 Å². The Morgan fingerprint density at radius 2 is 1.63 bits per heavy atom. The fourth-order valence-corrected chi connectivity index (χ4v) is 1.71. The summed E-state index contributed by atoms with van der Waals surface area (Å²) in [4.78, 5) is 11.8. The van der Waals surface area contributed by atoms with E-state index < -0.39 is 0 Å². The van der Waals surface area contributed by atoms with Crippen LogP contribution in [-0.2, 0) is 4.79 Å². The minimum Gasteiger partial charge on any atom is -0.354 e. The third kappa shape index (κ3) is 4.67. The van der Waals surface area contributed by atoms with E-state index in [0.717, 1.165) is 5.56 Å². The van der Waals surface area contributed by atoms with Gasteiger partial charge < -0.3 is 11.1 Å². The van der Waals surface area contributed by atoms with Crippen LogP contribution in [0, 0.1) is 5.41 Å². The summed E-state index contributed by atoms with van der Waals surface area (Å²) in [7, 11) is 0. The third-order valence-electron chi connectivity index (χ3n) is 3.20. The maximum Gasteiger partial charge on any atom is 0.225 e. The standard InChI is InChI=1S/C16H26N2O/c1-11(2)12-6-8-13(9-7-12)14(17)10-18-15(19)16(3,4)5/h6-9,11,14H,10,17H2,1-5H3,(H,18,19). The molecule has 0 heterocycles. The summed E-state index contributed by atoms with van der Waals surface area (Å²) in [5.74, 6) is 0.549. The fourth-order valence-electron chi connectivity index (χ4n) is 1.71. The van der Waals surface area contributed by atoms with Gasteiger partial charge in [-0.15, -0.1) is 0 Å². The molecular weight excluding hydrogens is 236 g/mol. The first kappa shape index (κ1) is 15.7. The Hall–Kier alpha value is -1.35. The van der Waals surface area contributed by atoms with E-state index in [2.05, 4.69) is 31.3 Å². The molecule has 1 aromatic carbocycles. The quantitative estimate of drug-likeness (QED) is 0.876. The van der Waals surface area contributed by atoms with Crippen molar-refractivity contribution in [2.45, 2.75) is 46.6 Å². The molecule has 1 aromatic rings. The molecule has 0 aliphatic heterocycles. The molecule has 106 valence electrons. The zero-order chi connectivity index (χ0) is 14.6. The van der Waals surface area contributed by atoms with Crippen molar-refractivity contribution >= 4 is 5.91 Å². The van der Waals surface area contributed by atoms with Gasteiger partial charge in [-0.1, -0.05) is 58.9 Å². The number of hydrogen-bond donors (Lipinski definition) is 2. The van der Waals surface area contributed by atoms with Gasteiger partial charge in [0.25, 0.3) is 0 Å². The highest BCUT2D eigenvalue weighted by Crippen LogP contribution is 2.18. The lowest BCUT2D eigenvalue weighted by molar-refractivity contribution is -0.128. The molecular formula is C16H26N2O. The van der Waals surface area contributed by atoms with Gasteiger partial charge in [-0.25, -0.2) is 0 Å². The molecule has 0 aliphatic rings. The monoisotopic (exact) mass is 262 g/mol. The van der Waals surface area contributed by atoms with Crippen LogP contribution < -0.4 is 11.1 Å². The van der Waals surface area contributed by atoms with Gasteiger partial charge in [0.15, 0.2) is 0 Å². The molecule has 3 heteroatoms. The lowest BCUT2D eigenvalue weighted by atomic mass is 9.95. The molecule has 1 rings (SSSR count). The van der Waals surface area contributed by atoms with Gasteiger partial charge in [0, 0.05) is 18.0 Å². The molecule has 0 radical (unpaired) electrons. The molecule has 3 nitrogen and oxygen atoms in total. The van der Waals surface area contributed by atoms with E-state index in [-0.39, 0.29) is 17.4 Å². The molecule has 3 N–H and O–H groups in total. The van der Waals surface area contributed by atoms with E-state index in [1.165, 1.54) is 5.56 Å². The summed E-state index contributed by atoms with van der Waals surface area (Å²) in [6, 6.07) is 8.14. The van der Waals surface area contributed by atoms with Crippen LogP contribution in [0.5, 0.6) is 0 Å². The molecule has 1 amide bonds. The van der Waals surface area contributed by atoms with Crippen LogP contribution in [-0.4, -0.2) is 12.5 Å². The number of carbonyl (C=O) groups excluding carboxylic acids is 1. The minimum absolute atomic E-state index is 0.0294. The van der Waals surface area contributed by atoms with Crippen molar-refractivity contribution in [2.24, 2.45) is 11.1 Å². The van der Waals surface area contributed by atoms with E-state index in [4.69, 9.17) is 5.73 Å². The molecule has 0 saturated heterocycles. The van der Waals surface area contributed by atoms with Gasteiger partial charge in [0.1, 0.15) is 0 Å². The zero-order valence-corrected chi connectivity index (χ0v) is 12.7. The summed E-state index contributed by atoms with van der Waals surface area (Å²) >= 11 is 0. The normalized spacial score (nSPS) is 13.4. The van der Waals surface area contributed by atoms with E-state index in [9.17, 15) is 4.79 Å². The first-order chi connectivity index (χ1) is 8.71. The SMILES string of the molecule is CC(C)c1ccc(C(N)CNC(=O)C(C)(C)C)cc1. The second-order valence-corrected chi connectivity index (χ2v) is 6.39. The first-order valence-corrected chi connectivity index (χ1v) is 6.85. The number of hydrogen-bond acceptors (Lipinski definition) is 2. The van der Waals surface area contributed by atoms with Crippen molar-refractivity contribution in [2.75, 3.05) is 6.54 Å². The Kier molecular flexibility index (Phi) is 5.12. The van der Waals surface area contributed by atoms with Crippen LogP contribution >= 0.6 is 0 Å². The van der Waals surface area contributed by atoms with Crippen LogP contribution in [0.25, 0.3) is 0 Å². The van der Waals surface area contributed by atoms with Crippen molar-refractivity contribution in [3.05, 3.63) is 35.4 Å². The molecule has 19 heavy (non-hydrogen) atoms. The van der Waals surface area contributed by atoms with E-state index >= 15 is 0 Å². The van der Waals surface area contributed by atoms with Crippen molar-refractivity contribution in [1.29, 1.82) is 0 Å². The van der Waals surface area contributed by atoms with E-state index in [0.29, 0.717) is 12.5 Å². The average molecular weight is 262 g/mol. The number of carbonyl (C=O) groups is 1. The Balaban J connectivity index is 2.59. The van der Waals surface area contributed by atoms with Crippen molar-refractivity contribution in [1.82, 2.24) is 5.32 Å². The highest BCUT2D eigenvalue weighted by atomic mass is 16.2. The highest BCUT2D eigenvalue weighted by molar-refractivity contribution is 5.81. The van der Waals surface area contributed by atoms with Gasteiger partial charge in [0.2, 0.25) is 5.91 Å². The van der Waals surface area contributed by atoms with Gasteiger partial charge >= 0.3 is 0 Å². The summed E-state index contributed by atoms with van der Waals surface area (Å²) in [6.07, 6.45) is 0. The molecule has 0 bridgehead atoms. The first-order valence-electron chi connectivity index (χ1n) is 6.85. The highest BCUT2D eigenvalue weighted by Gasteiger charge is 2.21. The third-order valence-corrected chi connectivity index (χ3v) is 3.20. The molecule has 1 atom stereocenters. The summed E-state index contributed by atoms with van der Waals surface area (Å²) in [6.45, 7) is 10.5. The number of amides is 1. The van der Waals surface area contributed by atoms with Gasteiger partial charge in [0.05, 0.1) is 0 Å². The number of nitrogens with one attached hydrogen (secondary N) is 1. The summed E-state index contributed by atoms with van der Waals surface area (Å²) < 4.78 is 0. The van der Waals surface area contributed by atoms with Gasteiger partial charge in [-0.3, -0.25) is 4.79 Å². The smallest absolute Gasteiger partial charge is 0.225 e. The van der Waals surface area contributed by atoms with Crippen LogP contribution in [0.3, 0.4) is 0 Å². The predicted octanol–water partition coefficient (Wildman–Crippen LogP) is 2.97. The Morgan fingerprint density at radius 1 is 1.16 bits per heavy atom. The maximum atomic E-state index is 11.8. The molecule has 0 fully saturated rings. The summed E-state index contributed by atoms with van der Waals surface area (Å²) in [5.41, 5.74) is 8.08. The van der Waals surface area contributed by atoms with Crippen molar-refractivity contribution in [3.8, 4) is 0 Å². The van der Waals surface area contributed by atoms with Gasteiger partial charge in [-0.05, 0) is 17.0 Å². The topological polar surface area (TPSA) is 55.1 Å². The summed E-state index contributed by atoms with van der Waals surface area (Å²) in [5, 5.41) is 2.89. The molecule has 0 saturated carbocycles. The second kappa shape index (κ2) is 6.20.